The highest BCUT2D eigenvalue weighted by atomic mass is 16.6. The second-order valence-electron chi connectivity index (χ2n) is 4.26. The lowest BCUT2D eigenvalue weighted by atomic mass is 10.2. The Labute approximate surface area is 127 Å². The standard InChI is InChI=1S/C14H18O8/c1-7(2)11(15)21-9(13(17)19-5)10(14(18)20-6)22-12(16)8(3)4/h9-10H,1,3H2,2,4-6H3. The van der Waals surface area contributed by atoms with Crippen molar-refractivity contribution in [3.63, 3.8) is 0 Å². The number of esters is 4. The van der Waals surface area contributed by atoms with Crippen LogP contribution in [0.1, 0.15) is 13.8 Å². The van der Waals surface area contributed by atoms with Gasteiger partial charge in [-0.1, -0.05) is 13.2 Å². The fourth-order valence-electron chi connectivity index (χ4n) is 1.13. The maximum atomic E-state index is 11.7. The molecule has 0 saturated carbocycles. The lowest BCUT2D eigenvalue weighted by Crippen LogP contribution is -2.47. The summed E-state index contributed by atoms with van der Waals surface area (Å²) >= 11 is 0. The van der Waals surface area contributed by atoms with Crippen LogP contribution in [0.3, 0.4) is 0 Å². The monoisotopic (exact) mass is 314 g/mol. The molecule has 0 aliphatic carbocycles. The van der Waals surface area contributed by atoms with Crippen molar-refractivity contribution in [1.82, 2.24) is 0 Å². The zero-order valence-corrected chi connectivity index (χ0v) is 12.8. The van der Waals surface area contributed by atoms with E-state index in [9.17, 15) is 19.2 Å². The molecular formula is C14H18O8. The van der Waals surface area contributed by atoms with Gasteiger partial charge in [-0.3, -0.25) is 0 Å². The Kier molecular flexibility index (Phi) is 7.57. The first-order chi connectivity index (χ1) is 10.1. The van der Waals surface area contributed by atoms with Crippen molar-refractivity contribution in [2.24, 2.45) is 0 Å². The number of carbonyl (C=O) groups is 4. The maximum absolute atomic E-state index is 11.7. The van der Waals surface area contributed by atoms with Gasteiger partial charge in [0.25, 0.3) is 0 Å². The van der Waals surface area contributed by atoms with Crippen molar-refractivity contribution in [2.45, 2.75) is 26.1 Å². The highest BCUT2D eigenvalue weighted by Crippen LogP contribution is 2.13. The molecule has 0 spiro atoms. The van der Waals surface area contributed by atoms with Crippen LogP contribution >= 0.6 is 0 Å². The molecule has 0 rings (SSSR count). The van der Waals surface area contributed by atoms with Crippen molar-refractivity contribution in [3.8, 4) is 0 Å². The Bertz CT molecular complexity index is 459. The molecule has 0 radical (unpaired) electrons. The van der Waals surface area contributed by atoms with Gasteiger partial charge in [0.05, 0.1) is 14.2 Å². The fraction of sp³-hybridized carbons (Fsp3) is 0.429. The van der Waals surface area contributed by atoms with Crippen LogP contribution in [0.15, 0.2) is 24.3 Å². The topological polar surface area (TPSA) is 105 Å². The molecule has 0 aliphatic rings. The van der Waals surface area contributed by atoms with Crippen molar-refractivity contribution in [3.05, 3.63) is 24.3 Å². The van der Waals surface area contributed by atoms with Gasteiger partial charge in [0, 0.05) is 11.1 Å². The Hall–Kier alpha value is -2.64. The summed E-state index contributed by atoms with van der Waals surface area (Å²) in [6, 6.07) is 0. The van der Waals surface area contributed by atoms with E-state index >= 15 is 0 Å². The van der Waals surface area contributed by atoms with E-state index in [0.717, 1.165) is 14.2 Å². The summed E-state index contributed by atoms with van der Waals surface area (Å²) in [7, 11) is 2.03. The third-order valence-corrected chi connectivity index (χ3v) is 2.31. The Morgan fingerprint density at radius 2 is 1.00 bits per heavy atom. The summed E-state index contributed by atoms with van der Waals surface area (Å²) in [5.41, 5.74) is -0.0486. The van der Waals surface area contributed by atoms with E-state index in [1.807, 2.05) is 0 Å². The average molecular weight is 314 g/mol. The molecule has 2 atom stereocenters. The molecule has 0 aromatic carbocycles. The van der Waals surface area contributed by atoms with Crippen LogP contribution in [0.4, 0.5) is 0 Å². The van der Waals surface area contributed by atoms with Crippen molar-refractivity contribution >= 4 is 23.9 Å². The number of hydrogen-bond donors (Lipinski definition) is 0. The molecule has 22 heavy (non-hydrogen) atoms. The number of carbonyl (C=O) groups excluding carboxylic acids is 4. The zero-order chi connectivity index (χ0) is 17.4. The van der Waals surface area contributed by atoms with Crippen LogP contribution in [0.5, 0.6) is 0 Å². The quantitative estimate of drug-likeness (QED) is 0.375. The van der Waals surface area contributed by atoms with Gasteiger partial charge in [-0.05, 0) is 13.8 Å². The lowest BCUT2D eigenvalue weighted by molar-refractivity contribution is -0.187. The van der Waals surface area contributed by atoms with E-state index in [4.69, 9.17) is 9.47 Å². The molecule has 2 unspecified atom stereocenters. The molecule has 0 aromatic heterocycles. The SMILES string of the molecule is C=C(C)C(=O)OC(C(=O)OC)C(OC(=O)C(=C)C)C(=O)OC. The van der Waals surface area contributed by atoms with Crippen molar-refractivity contribution in [1.29, 1.82) is 0 Å². The van der Waals surface area contributed by atoms with Crippen LogP contribution in [0.2, 0.25) is 0 Å². The third-order valence-electron chi connectivity index (χ3n) is 2.31. The zero-order valence-electron chi connectivity index (χ0n) is 12.8. The summed E-state index contributed by atoms with van der Waals surface area (Å²) in [5, 5.41) is 0. The third kappa shape index (κ3) is 5.39. The molecule has 8 heteroatoms. The molecular weight excluding hydrogens is 296 g/mol. The number of methoxy groups -OCH3 is 2. The predicted octanol–water partition coefficient (Wildman–Crippen LogP) is 0.308. The summed E-state index contributed by atoms with van der Waals surface area (Å²) < 4.78 is 18.5. The first-order valence-corrected chi connectivity index (χ1v) is 6.04. The van der Waals surface area contributed by atoms with Crippen LogP contribution in [0, 0.1) is 0 Å². The van der Waals surface area contributed by atoms with Crippen molar-refractivity contribution in [2.75, 3.05) is 14.2 Å². The molecule has 0 aromatic rings. The first kappa shape index (κ1) is 19.4. The molecule has 0 fully saturated rings. The van der Waals surface area contributed by atoms with Crippen molar-refractivity contribution < 1.29 is 38.1 Å². The molecule has 0 amide bonds. The summed E-state index contributed by atoms with van der Waals surface area (Å²) in [5.74, 6) is -4.12. The minimum absolute atomic E-state index is 0.0243. The van der Waals surface area contributed by atoms with Crippen LogP contribution in [-0.4, -0.2) is 50.3 Å². The van der Waals surface area contributed by atoms with Gasteiger partial charge in [-0.2, -0.15) is 0 Å². The van der Waals surface area contributed by atoms with Crippen LogP contribution in [0.25, 0.3) is 0 Å². The molecule has 122 valence electrons. The largest absolute Gasteiger partial charge is 0.466 e. The Morgan fingerprint density at radius 3 is 1.18 bits per heavy atom. The second-order valence-corrected chi connectivity index (χ2v) is 4.26. The van der Waals surface area contributed by atoms with Gasteiger partial charge in [-0.25, -0.2) is 19.2 Å². The minimum atomic E-state index is -1.83. The van der Waals surface area contributed by atoms with E-state index in [2.05, 4.69) is 22.6 Å². The molecule has 0 bridgehead atoms. The Balaban J connectivity index is 5.53. The van der Waals surface area contributed by atoms with Gasteiger partial charge in [-0.15, -0.1) is 0 Å². The van der Waals surface area contributed by atoms with Gasteiger partial charge in [0.2, 0.25) is 12.2 Å². The van der Waals surface area contributed by atoms with E-state index in [-0.39, 0.29) is 11.1 Å². The molecule has 0 heterocycles. The molecule has 0 saturated heterocycles. The number of hydrogen-bond acceptors (Lipinski definition) is 8. The van der Waals surface area contributed by atoms with E-state index < -0.39 is 36.1 Å². The second kappa shape index (κ2) is 8.60. The number of rotatable bonds is 7. The predicted molar refractivity (Wildman–Crippen MR) is 73.4 cm³/mol. The normalized spacial score (nSPS) is 12.4. The smallest absolute Gasteiger partial charge is 0.351 e. The average Bonchev–Trinajstić information content (AvgIpc) is 2.48. The summed E-state index contributed by atoms with van der Waals surface area (Å²) in [6.45, 7) is 9.36. The number of ether oxygens (including phenoxy) is 4. The summed E-state index contributed by atoms with van der Waals surface area (Å²) in [4.78, 5) is 46.6. The van der Waals surface area contributed by atoms with Gasteiger partial charge >= 0.3 is 23.9 Å². The highest BCUT2D eigenvalue weighted by Gasteiger charge is 2.42. The van der Waals surface area contributed by atoms with Crippen LogP contribution in [-0.2, 0) is 38.1 Å². The van der Waals surface area contributed by atoms with Crippen LogP contribution < -0.4 is 0 Å². The van der Waals surface area contributed by atoms with Gasteiger partial charge < -0.3 is 18.9 Å². The Morgan fingerprint density at radius 1 is 0.727 bits per heavy atom. The molecule has 8 nitrogen and oxygen atoms in total. The fourth-order valence-corrected chi connectivity index (χ4v) is 1.13. The molecule has 0 N–H and O–H groups in total. The minimum Gasteiger partial charge on any atom is -0.466 e. The van der Waals surface area contributed by atoms with E-state index in [1.165, 1.54) is 13.8 Å². The van der Waals surface area contributed by atoms with Gasteiger partial charge in [0.15, 0.2) is 0 Å². The lowest BCUT2D eigenvalue weighted by Gasteiger charge is -2.23. The highest BCUT2D eigenvalue weighted by molar-refractivity contribution is 5.94. The van der Waals surface area contributed by atoms with E-state index in [0.29, 0.717) is 0 Å². The van der Waals surface area contributed by atoms with Gasteiger partial charge in [0.1, 0.15) is 0 Å². The van der Waals surface area contributed by atoms with E-state index in [1.54, 1.807) is 0 Å². The first-order valence-electron chi connectivity index (χ1n) is 6.04. The molecule has 0 aliphatic heterocycles. The maximum Gasteiger partial charge on any atom is 0.351 e. The summed E-state index contributed by atoms with van der Waals surface area (Å²) in [6.07, 6.45) is -3.66.